The van der Waals surface area contributed by atoms with Crippen LogP contribution in [0.3, 0.4) is 0 Å². The average Bonchev–Trinajstić information content (AvgIpc) is 2.76. The first-order valence-electron chi connectivity index (χ1n) is 5.56. The SMILES string of the molecule is COc1ccccc1CC(N)c1cncn1C. The van der Waals surface area contributed by atoms with Gasteiger partial charge in [-0.1, -0.05) is 18.2 Å². The average molecular weight is 231 g/mol. The van der Waals surface area contributed by atoms with Crippen molar-refractivity contribution in [3.05, 3.63) is 48.0 Å². The fourth-order valence-corrected chi connectivity index (χ4v) is 1.94. The highest BCUT2D eigenvalue weighted by Gasteiger charge is 2.12. The highest BCUT2D eigenvalue weighted by atomic mass is 16.5. The lowest BCUT2D eigenvalue weighted by atomic mass is 10.0. The molecular weight excluding hydrogens is 214 g/mol. The minimum Gasteiger partial charge on any atom is -0.496 e. The summed E-state index contributed by atoms with van der Waals surface area (Å²) in [6.45, 7) is 0. The van der Waals surface area contributed by atoms with Crippen LogP contribution in [-0.4, -0.2) is 16.7 Å². The molecule has 1 aromatic heterocycles. The van der Waals surface area contributed by atoms with Crippen LogP contribution in [0.5, 0.6) is 5.75 Å². The van der Waals surface area contributed by atoms with E-state index in [1.807, 2.05) is 35.9 Å². The lowest BCUT2D eigenvalue weighted by molar-refractivity contribution is 0.407. The van der Waals surface area contributed by atoms with Gasteiger partial charge in [-0.05, 0) is 18.1 Å². The molecule has 2 rings (SSSR count). The number of hydrogen-bond acceptors (Lipinski definition) is 3. The highest BCUT2D eigenvalue weighted by Crippen LogP contribution is 2.23. The molecule has 0 radical (unpaired) electrons. The van der Waals surface area contributed by atoms with E-state index in [4.69, 9.17) is 10.5 Å². The lowest BCUT2D eigenvalue weighted by Gasteiger charge is -2.14. The largest absolute Gasteiger partial charge is 0.496 e. The molecule has 0 saturated carbocycles. The van der Waals surface area contributed by atoms with Crippen LogP contribution in [0.25, 0.3) is 0 Å². The summed E-state index contributed by atoms with van der Waals surface area (Å²) in [6, 6.07) is 7.87. The number of hydrogen-bond donors (Lipinski definition) is 1. The molecule has 1 aromatic carbocycles. The van der Waals surface area contributed by atoms with Gasteiger partial charge in [0.1, 0.15) is 5.75 Å². The number of aryl methyl sites for hydroxylation is 1. The van der Waals surface area contributed by atoms with Crippen molar-refractivity contribution in [3.63, 3.8) is 0 Å². The summed E-state index contributed by atoms with van der Waals surface area (Å²) in [6.07, 6.45) is 4.31. The van der Waals surface area contributed by atoms with Crippen molar-refractivity contribution in [3.8, 4) is 5.75 Å². The minimum absolute atomic E-state index is 0.0706. The maximum Gasteiger partial charge on any atom is 0.122 e. The second-order valence-corrected chi connectivity index (χ2v) is 4.05. The van der Waals surface area contributed by atoms with Gasteiger partial charge < -0.3 is 15.0 Å². The lowest BCUT2D eigenvalue weighted by Crippen LogP contribution is -2.16. The molecule has 0 fully saturated rings. The van der Waals surface area contributed by atoms with Gasteiger partial charge in [-0.15, -0.1) is 0 Å². The van der Waals surface area contributed by atoms with E-state index in [1.165, 1.54) is 0 Å². The van der Waals surface area contributed by atoms with Crippen molar-refractivity contribution in [2.75, 3.05) is 7.11 Å². The number of nitrogens with zero attached hydrogens (tertiary/aromatic N) is 2. The molecule has 4 nitrogen and oxygen atoms in total. The fraction of sp³-hybridized carbons (Fsp3) is 0.308. The van der Waals surface area contributed by atoms with E-state index in [1.54, 1.807) is 19.6 Å². The fourth-order valence-electron chi connectivity index (χ4n) is 1.94. The van der Waals surface area contributed by atoms with Crippen molar-refractivity contribution in [1.82, 2.24) is 9.55 Å². The molecule has 4 heteroatoms. The summed E-state index contributed by atoms with van der Waals surface area (Å²) in [4.78, 5) is 4.08. The summed E-state index contributed by atoms with van der Waals surface area (Å²) >= 11 is 0. The monoisotopic (exact) mass is 231 g/mol. The summed E-state index contributed by atoms with van der Waals surface area (Å²) in [7, 11) is 3.62. The Kier molecular flexibility index (Phi) is 3.44. The smallest absolute Gasteiger partial charge is 0.122 e. The van der Waals surface area contributed by atoms with E-state index in [-0.39, 0.29) is 6.04 Å². The van der Waals surface area contributed by atoms with E-state index in [0.717, 1.165) is 23.4 Å². The standard InChI is InChI=1S/C13H17N3O/c1-16-9-15-8-12(16)11(14)7-10-5-3-4-6-13(10)17-2/h3-6,8-9,11H,7,14H2,1-2H3. The van der Waals surface area contributed by atoms with Crippen molar-refractivity contribution in [1.29, 1.82) is 0 Å². The normalized spacial score (nSPS) is 12.4. The number of ether oxygens (including phenoxy) is 1. The molecule has 17 heavy (non-hydrogen) atoms. The number of nitrogens with two attached hydrogens (primary N) is 1. The molecule has 0 aliphatic heterocycles. The van der Waals surface area contributed by atoms with Gasteiger partial charge in [0.05, 0.1) is 25.2 Å². The van der Waals surface area contributed by atoms with E-state index in [2.05, 4.69) is 4.98 Å². The van der Waals surface area contributed by atoms with Crippen LogP contribution < -0.4 is 10.5 Å². The molecule has 0 saturated heterocycles. The Balaban J connectivity index is 2.18. The molecule has 2 N–H and O–H groups in total. The van der Waals surface area contributed by atoms with E-state index >= 15 is 0 Å². The highest BCUT2D eigenvalue weighted by molar-refractivity contribution is 5.34. The molecule has 1 heterocycles. The van der Waals surface area contributed by atoms with Crippen LogP contribution in [0.15, 0.2) is 36.8 Å². The van der Waals surface area contributed by atoms with Crippen LogP contribution >= 0.6 is 0 Å². The Hall–Kier alpha value is -1.81. The van der Waals surface area contributed by atoms with Gasteiger partial charge in [-0.25, -0.2) is 4.98 Å². The zero-order valence-corrected chi connectivity index (χ0v) is 10.1. The van der Waals surface area contributed by atoms with Gasteiger partial charge in [0.25, 0.3) is 0 Å². The number of methoxy groups -OCH3 is 1. The summed E-state index contributed by atoms with van der Waals surface area (Å²) in [5.41, 5.74) is 8.32. The molecule has 0 amide bonds. The van der Waals surface area contributed by atoms with Crippen LogP contribution in [0.1, 0.15) is 17.3 Å². The summed E-state index contributed by atoms with van der Waals surface area (Å²) in [5.74, 6) is 0.880. The Morgan fingerprint density at radius 3 is 2.82 bits per heavy atom. The molecule has 1 unspecified atom stereocenters. The van der Waals surface area contributed by atoms with E-state index in [9.17, 15) is 0 Å². The Bertz CT molecular complexity index is 493. The van der Waals surface area contributed by atoms with Crippen molar-refractivity contribution in [2.45, 2.75) is 12.5 Å². The molecule has 0 spiro atoms. The first-order chi connectivity index (χ1) is 8.22. The minimum atomic E-state index is -0.0706. The number of para-hydroxylation sites is 1. The van der Waals surface area contributed by atoms with Crippen LogP contribution in [-0.2, 0) is 13.5 Å². The summed E-state index contributed by atoms with van der Waals surface area (Å²) < 4.78 is 7.26. The predicted octanol–water partition coefficient (Wildman–Crippen LogP) is 1.67. The summed E-state index contributed by atoms with van der Waals surface area (Å²) in [5, 5.41) is 0. The molecule has 2 aromatic rings. The second kappa shape index (κ2) is 5.01. The molecule has 90 valence electrons. The van der Waals surface area contributed by atoms with Gasteiger partial charge in [0.2, 0.25) is 0 Å². The molecule has 1 atom stereocenters. The third kappa shape index (κ3) is 2.47. The van der Waals surface area contributed by atoms with Crippen molar-refractivity contribution >= 4 is 0 Å². The maximum atomic E-state index is 6.18. The zero-order chi connectivity index (χ0) is 12.3. The van der Waals surface area contributed by atoms with Crippen LogP contribution in [0, 0.1) is 0 Å². The first kappa shape index (κ1) is 11.7. The van der Waals surface area contributed by atoms with Crippen LogP contribution in [0.4, 0.5) is 0 Å². The predicted molar refractivity (Wildman–Crippen MR) is 66.8 cm³/mol. The number of rotatable bonds is 4. The first-order valence-corrected chi connectivity index (χ1v) is 5.56. The Labute approximate surface area is 101 Å². The van der Waals surface area contributed by atoms with Gasteiger partial charge in [0, 0.05) is 13.2 Å². The topological polar surface area (TPSA) is 53.1 Å². The van der Waals surface area contributed by atoms with Crippen molar-refractivity contribution in [2.24, 2.45) is 12.8 Å². The van der Waals surface area contributed by atoms with Gasteiger partial charge >= 0.3 is 0 Å². The molecule has 0 bridgehead atoms. The zero-order valence-electron chi connectivity index (χ0n) is 10.1. The number of imidazole rings is 1. The van der Waals surface area contributed by atoms with Crippen molar-refractivity contribution < 1.29 is 4.74 Å². The van der Waals surface area contributed by atoms with Gasteiger partial charge in [0.15, 0.2) is 0 Å². The molecular formula is C13H17N3O. The third-order valence-electron chi connectivity index (χ3n) is 2.87. The molecule has 0 aliphatic rings. The number of aromatic nitrogens is 2. The Morgan fingerprint density at radius 2 is 2.18 bits per heavy atom. The van der Waals surface area contributed by atoms with Gasteiger partial charge in [-0.3, -0.25) is 0 Å². The number of benzene rings is 1. The quantitative estimate of drug-likeness (QED) is 0.870. The maximum absolute atomic E-state index is 6.18. The second-order valence-electron chi connectivity index (χ2n) is 4.05. The Morgan fingerprint density at radius 1 is 1.41 bits per heavy atom. The molecule has 0 aliphatic carbocycles. The van der Waals surface area contributed by atoms with E-state index in [0.29, 0.717) is 0 Å². The van der Waals surface area contributed by atoms with Crippen LogP contribution in [0.2, 0.25) is 0 Å². The van der Waals surface area contributed by atoms with E-state index < -0.39 is 0 Å². The third-order valence-corrected chi connectivity index (χ3v) is 2.87. The van der Waals surface area contributed by atoms with Gasteiger partial charge in [-0.2, -0.15) is 0 Å².